The van der Waals surface area contributed by atoms with Crippen LogP contribution in [0.3, 0.4) is 0 Å². The summed E-state index contributed by atoms with van der Waals surface area (Å²) in [6.07, 6.45) is 1.56. The summed E-state index contributed by atoms with van der Waals surface area (Å²) in [5.74, 6) is 0.421. The van der Waals surface area contributed by atoms with Crippen molar-refractivity contribution in [3.8, 4) is 10.8 Å². The van der Waals surface area contributed by atoms with Crippen LogP contribution >= 0.6 is 11.3 Å². The van der Waals surface area contributed by atoms with Gasteiger partial charge in [0.05, 0.1) is 12.1 Å². The largest absolute Gasteiger partial charge is 0.447 e. The van der Waals surface area contributed by atoms with Crippen molar-refractivity contribution in [3.05, 3.63) is 70.8 Å². The van der Waals surface area contributed by atoms with Crippen molar-refractivity contribution in [2.75, 3.05) is 0 Å². The van der Waals surface area contributed by atoms with Crippen LogP contribution in [0.25, 0.3) is 0 Å². The van der Waals surface area contributed by atoms with Crippen LogP contribution < -0.4 is 15.8 Å². The Bertz CT molecular complexity index is 763. The highest BCUT2D eigenvalue weighted by atomic mass is 32.1. The topological polar surface area (TPSA) is 64.4 Å². The second-order valence-corrected chi connectivity index (χ2v) is 6.58. The van der Waals surface area contributed by atoms with E-state index in [-0.39, 0.29) is 11.5 Å². The van der Waals surface area contributed by atoms with Gasteiger partial charge in [0.15, 0.2) is 5.06 Å². The average Bonchev–Trinajstić information content (AvgIpc) is 3.01. The summed E-state index contributed by atoms with van der Waals surface area (Å²) >= 11 is 1.45. The maximum atomic E-state index is 12.9. The molecule has 3 N–H and O–H groups in total. The maximum absolute atomic E-state index is 12.9. The lowest BCUT2D eigenvalue weighted by Crippen LogP contribution is -2.25. The number of alkyl halides is 1. The zero-order valence-corrected chi connectivity index (χ0v) is 15.0. The van der Waals surface area contributed by atoms with Gasteiger partial charge in [0.25, 0.3) is 5.91 Å². The number of thiophene rings is 1. The Kier molecular flexibility index (Phi) is 6.77. The van der Waals surface area contributed by atoms with E-state index in [1.54, 1.807) is 6.92 Å². The lowest BCUT2D eigenvalue weighted by Gasteiger charge is -2.07. The number of hydrogen-bond donors (Lipinski definition) is 2. The molecule has 1 heterocycles. The summed E-state index contributed by atoms with van der Waals surface area (Å²) in [7, 11) is 0. The Balaban J connectivity index is 1.94. The van der Waals surface area contributed by atoms with Gasteiger partial charge in [-0.05, 0) is 44.2 Å². The molecule has 0 bridgehead atoms. The monoisotopic (exact) mass is 360 g/mol. The number of halogens is 1. The molecule has 2 rings (SSSR count). The van der Waals surface area contributed by atoms with Gasteiger partial charge >= 0.3 is 0 Å². The summed E-state index contributed by atoms with van der Waals surface area (Å²) in [5.41, 5.74) is 6.32. The summed E-state index contributed by atoms with van der Waals surface area (Å²) in [6.45, 7) is 3.34. The lowest BCUT2D eigenvalue weighted by atomic mass is 10.1. The molecule has 1 aromatic carbocycles. The highest BCUT2D eigenvalue weighted by Gasteiger charge is 2.10. The van der Waals surface area contributed by atoms with E-state index >= 15 is 0 Å². The van der Waals surface area contributed by atoms with Gasteiger partial charge in [-0.2, -0.15) is 0 Å². The number of hydrogen-bond acceptors (Lipinski definition) is 4. The van der Waals surface area contributed by atoms with E-state index in [2.05, 4.69) is 5.32 Å². The molecule has 6 heteroatoms. The molecule has 2 aromatic rings. The molecule has 0 saturated heterocycles. The van der Waals surface area contributed by atoms with Crippen molar-refractivity contribution >= 4 is 17.2 Å². The second kappa shape index (κ2) is 9.03. The SMILES string of the molecule is C/C(N)=C(\C=C/C(C)F)C(=O)NCc1ccc(Oc2ccccc2)s1. The second-order valence-electron chi connectivity index (χ2n) is 5.45. The van der Waals surface area contributed by atoms with Crippen LogP contribution in [0.2, 0.25) is 0 Å². The fourth-order valence-corrected chi connectivity index (χ4v) is 2.80. The van der Waals surface area contributed by atoms with Gasteiger partial charge in [-0.15, -0.1) is 11.3 Å². The van der Waals surface area contributed by atoms with Crippen molar-refractivity contribution < 1.29 is 13.9 Å². The summed E-state index contributed by atoms with van der Waals surface area (Å²) in [4.78, 5) is 13.2. The number of nitrogens with one attached hydrogen (secondary N) is 1. The molecule has 0 aliphatic rings. The van der Waals surface area contributed by atoms with Crippen LogP contribution in [0.15, 0.2) is 65.9 Å². The van der Waals surface area contributed by atoms with E-state index in [0.29, 0.717) is 12.2 Å². The first-order valence-corrected chi connectivity index (χ1v) is 8.66. The van der Waals surface area contributed by atoms with Crippen molar-refractivity contribution in [1.29, 1.82) is 0 Å². The predicted molar refractivity (Wildman–Crippen MR) is 99.3 cm³/mol. The summed E-state index contributed by atoms with van der Waals surface area (Å²) in [5, 5.41) is 3.53. The third kappa shape index (κ3) is 6.08. The van der Waals surface area contributed by atoms with Crippen LogP contribution in [0.5, 0.6) is 10.8 Å². The molecule has 0 aliphatic carbocycles. The molecule has 4 nitrogen and oxygen atoms in total. The molecule has 25 heavy (non-hydrogen) atoms. The third-order valence-electron chi connectivity index (χ3n) is 3.22. The van der Waals surface area contributed by atoms with Gasteiger partial charge in [-0.1, -0.05) is 24.3 Å². The van der Waals surface area contributed by atoms with E-state index in [1.807, 2.05) is 42.5 Å². The van der Waals surface area contributed by atoms with E-state index in [1.165, 1.54) is 30.4 Å². The Hall–Kier alpha value is -2.60. The van der Waals surface area contributed by atoms with Gasteiger partial charge < -0.3 is 15.8 Å². The Morgan fingerprint density at radius 3 is 2.68 bits per heavy atom. The first-order chi connectivity index (χ1) is 12.0. The standard InChI is InChI=1S/C19H21FN2O2S/c1-13(20)8-10-17(14(2)21)19(23)22-12-16-9-11-18(25-16)24-15-6-4-3-5-7-15/h3-11,13H,12,21H2,1-2H3,(H,22,23)/b10-8-,17-14-. The molecular weight excluding hydrogens is 339 g/mol. The zero-order valence-electron chi connectivity index (χ0n) is 14.2. The summed E-state index contributed by atoms with van der Waals surface area (Å²) in [6, 6.07) is 13.2. The van der Waals surface area contributed by atoms with Gasteiger partial charge in [0, 0.05) is 10.6 Å². The van der Waals surface area contributed by atoms with E-state index < -0.39 is 6.17 Å². The van der Waals surface area contributed by atoms with Crippen molar-refractivity contribution in [2.45, 2.75) is 26.6 Å². The third-order valence-corrected chi connectivity index (χ3v) is 4.18. The maximum Gasteiger partial charge on any atom is 0.253 e. The van der Waals surface area contributed by atoms with Gasteiger partial charge in [0.1, 0.15) is 11.9 Å². The molecule has 0 radical (unpaired) electrons. The lowest BCUT2D eigenvalue weighted by molar-refractivity contribution is -0.117. The number of ether oxygens (including phenoxy) is 1. The zero-order chi connectivity index (χ0) is 18.2. The molecule has 0 saturated carbocycles. The number of para-hydroxylation sites is 1. The Morgan fingerprint density at radius 2 is 2.04 bits per heavy atom. The molecule has 0 fully saturated rings. The number of allylic oxidation sites excluding steroid dienone is 2. The predicted octanol–water partition coefficient (Wildman–Crippen LogP) is 4.30. The molecular formula is C19H21FN2O2S. The minimum atomic E-state index is -1.14. The molecule has 132 valence electrons. The van der Waals surface area contributed by atoms with Gasteiger partial charge in [-0.3, -0.25) is 4.79 Å². The fourth-order valence-electron chi connectivity index (χ4n) is 1.99. The van der Waals surface area contributed by atoms with Crippen LogP contribution in [-0.2, 0) is 11.3 Å². The summed E-state index contributed by atoms with van der Waals surface area (Å²) < 4.78 is 18.7. The van der Waals surface area contributed by atoms with Crippen LogP contribution in [0, 0.1) is 0 Å². The molecule has 0 aliphatic heterocycles. The van der Waals surface area contributed by atoms with Crippen LogP contribution in [0.1, 0.15) is 18.7 Å². The van der Waals surface area contributed by atoms with Crippen LogP contribution in [0.4, 0.5) is 4.39 Å². The smallest absolute Gasteiger partial charge is 0.253 e. The molecule has 1 amide bonds. The highest BCUT2D eigenvalue weighted by molar-refractivity contribution is 7.13. The Labute approximate surface area is 150 Å². The van der Waals surface area contributed by atoms with Crippen molar-refractivity contribution in [3.63, 3.8) is 0 Å². The van der Waals surface area contributed by atoms with Crippen molar-refractivity contribution in [2.24, 2.45) is 5.73 Å². The van der Waals surface area contributed by atoms with E-state index in [4.69, 9.17) is 10.5 Å². The molecule has 1 aromatic heterocycles. The number of carbonyl (C=O) groups is 1. The normalized spacial score (nSPS) is 13.4. The average molecular weight is 360 g/mol. The van der Waals surface area contributed by atoms with Gasteiger partial charge in [-0.25, -0.2) is 4.39 Å². The highest BCUT2D eigenvalue weighted by Crippen LogP contribution is 2.29. The van der Waals surface area contributed by atoms with Crippen molar-refractivity contribution in [1.82, 2.24) is 5.32 Å². The number of amides is 1. The van der Waals surface area contributed by atoms with Crippen LogP contribution in [-0.4, -0.2) is 12.1 Å². The van der Waals surface area contributed by atoms with E-state index in [9.17, 15) is 9.18 Å². The molecule has 1 atom stereocenters. The number of carbonyl (C=O) groups excluding carboxylic acids is 1. The quantitative estimate of drug-likeness (QED) is 0.571. The first-order valence-electron chi connectivity index (χ1n) is 7.84. The first kappa shape index (κ1) is 18.7. The minimum Gasteiger partial charge on any atom is -0.447 e. The molecule has 1 unspecified atom stereocenters. The van der Waals surface area contributed by atoms with Gasteiger partial charge in [0.2, 0.25) is 0 Å². The Morgan fingerprint density at radius 1 is 1.32 bits per heavy atom. The fraction of sp³-hybridized carbons (Fsp3) is 0.211. The van der Waals surface area contributed by atoms with E-state index in [0.717, 1.165) is 15.7 Å². The minimum absolute atomic E-state index is 0.266. The number of nitrogens with two attached hydrogens (primary N) is 1. The number of rotatable bonds is 7. The number of benzene rings is 1. The molecule has 0 spiro atoms.